The van der Waals surface area contributed by atoms with Crippen LogP contribution in [0.2, 0.25) is 0 Å². The van der Waals surface area contributed by atoms with Crippen molar-refractivity contribution in [2.24, 2.45) is 0 Å². The van der Waals surface area contributed by atoms with Gasteiger partial charge in [0.1, 0.15) is 21.6 Å². The van der Waals surface area contributed by atoms with Crippen molar-refractivity contribution in [2.75, 3.05) is 14.2 Å². The van der Waals surface area contributed by atoms with E-state index in [1.54, 1.807) is 32.4 Å². The second-order valence-electron chi connectivity index (χ2n) is 6.61. The number of hydrogen-bond donors (Lipinski definition) is 0. The summed E-state index contributed by atoms with van der Waals surface area (Å²) in [4.78, 5) is -0.226. The minimum Gasteiger partial charge on any atom is -0.744 e. The predicted molar refractivity (Wildman–Crippen MR) is 116 cm³/mol. The summed E-state index contributed by atoms with van der Waals surface area (Å²) in [5.74, 6) is 1.27. The van der Waals surface area contributed by atoms with Gasteiger partial charge < -0.3 is 14.0 Å². The van der Waals surface area contributed by atoms with E-state index in [4.69, 9.17) is 9.47 Å². The van der Waals surface area contributed by atoms with E-state index in [1.165, 1.54) is 6.07 Å². The number of rotatable bonds is 6. The summed E-state index contributed by atoms with van der Waals surface area (Å²) in [6.07, 6.45) is 0. The van der Waals surface area contributed by atoms with Gasteiger partial charge >= 0.3 is 18.9 Å². The first kappa shape index (κ1) is 24.5. The van der Waals surface area contributed by atoms with Crippen LogP contribution in [-0.2, 0) is 10.1 Å². The Hall–Kier alpha value is -1.80. The number of methoxy groups -OCH3 is 2. The molecule has 3 aromatic carbocycles. The first-order valence-electron chi connectivity index (χ1n) is 8.90. The second-order valence-corrected chi connectivity index (χ2v) is 10.1. The van der Waals surface area contributed by atoms with Crippen LogP contribution in [0.15, 0.2) is 65.6 Å². The average Bonchev–Trinajstić information content (AvgIpc) is 2.69. The van der Waals surface area contributed by atoms with Crippen LogP contribution < -0.4 is 44.2 Å². The molecule has 0 fully saturated rings. The Kier molecular flexibility index (Phi) is 8.16. The van der Waals surface area contributed by atoms with Crippen molar-refractivity contribution in [3.63, 3.8) is 0 Å². The molecule has 5 nitrogen and oxygen atoms in total. The smallest absolute Gasteiger partial charge is 0.744 e. The fourth-order valence-electron chi connectivity index (χ4n) is 3.18. The summed E-state index contributed by atoms with van der Waals surface area (Å²) in [6.45, 7) is 3.91. The maximum absolute atomic E-state index is 12.0. The van der Waals surface area contributed by atoms with Crippen molar-refractivity contribution < 1.29 is 41.3 Å². The Labute approximate surface area is 191 Å². The molecule has 0 aliphatic rings. The third-order valence-corrected chi connectivity index (χ3v) is 8.15. The molecule has 0 aliphatic carbocycles. The Bertz CT molecular complexity index is 1090. The van der Waals surface area contributed by atoms with Gasteiger partial charge in [0, 0.05) is 15.9 Å². The van der Waals surface area contributed by atoms with Crippen molar-refractivity contribution >= 4 is 34.0 Å². The molecule has 0 atom stereocenters. The molecule has 0 saturated heterocycles. The molecule has 30 heavy (non-hydrogen) atoms. The molecule has 3 rings (SSSR count). The van der Waals surface area contributed by atoms with Crippen LogP contribution in [0.3, 0.4) is 0 Å². The molecule has 0 bridgehead atoms. The molecule has 152 valence electrons. The predicted octanol–water partition coefficient (Wildman–Crippen LogP) is -0.0131. The van der Waals surface area contributed by atoms with Crippen molar-refractivity contribution in [1.29, 1.82) is 0 Å². The zero-order chi connectivity index (χ0) is 21.2. The van der Waals surface area contributed by atoms with E-state index < -0.39 is 18.0 Å². The quantitative estimate of drug-likeness (QED) is 0.309. The van der Waals surface area contributed by atoms with E-state index in [1.807, 2.05) is 50.2 Å². The molecule has 0 saturated carbocycles. The molecule has 0 heterocycles. The standard InChI is InChI=1S/C22H23O5PS.Li/c1-15-9-11-19(17(13-15)26-3)28(20-12-10-16(2)14-18(20)27-4)21-7-5-6-8-22(21)29(23,24)25;/h5-14H,1-4H3,(H,23,24,25);/q;+1/p-1. The molecule has 0 aliphatic heterocycles. The van der Waals surface area contributed by atoms with E-state index in [9.17, 15) is 13.0 Å². The van der Waals surface area contributed by atoms with E-state index in [0.717, 1.165) is 21.7 Å². The largest absolute Gasteiger partial charge is 1.00 e. The fraction of sp³-hybridized carbons (Fsp3) is 0.182. The van der Waals surface area contributed by atoms with E-state index in [2.05, 4.69) is 0 Å². The van der Waals surface area contributed by atoms with Gasteiger partial charge in [0.15, 0.2) is 0 Å². The molecular weight excluding hydrogens is 414 g/mol. The number of ether oxygens (including phenoxy) is 2. The first-order valence-corrected chi connectivity index (χ1v) is 11.7. The Balaban J connectivity index is 0.00000320. The maximum atomic E-state index is 12.0. The Morgan fingerprint density at radius 3 is 1.67 bits per heavy atom. The molecule has 3 aromatic rings. The minimum absolute atomic E-state index is 0. The average molecular weight is 436 g/mol. The molecule has 0 radical (unpaired) electrons. The van der Waals surface area contributed by atoms with Crippen LogP contribution in [0, 0.1) is 13.8 Å². The molecule has 0 unspecified atom stereocenters. The zero-order valence-electron chi connectivity index (χ0n) is 17.7. The number of aryl methyl sites for hydroxylation is 2. The molecule has 0 N–H and O–H groups in total. The summed E-state index contributed by atoms with van der Waals surface area (Å²) >= 11 is 0. The summed E-state index contributed by atoms with van der Waals surface area (Å²) in [5.41, 5.74) is 2.03. The van der Waals surface area contributed by atoms with Crippen LogP contribution in [0.4, 0.5) is 0 Å². The van der Waals surface area contributed by atoms with Crippen molar-refractivity contribution in [3.05, 3.63) is 71.8 Å². The van der Waals surface area contributed by atoms with Crippen LogP contribution in [0.1, 0.15) is 11.1 Å². The van der Waals surface area contributed by atoms with Gasteiger partial charge in [0.2, 0.25) is 0 Å². The zero-order valence-corrected chi connectivity index (χ0v) is 19.4. The number of benzene rings is 3. The monoisotopic (exact) mass is 436 g/mol. The molecule has 0 amide bonds. The summed E-state index contributed by atoms with van der Waals surface area (Å²) < 4.78 is 47.3. The number of hydrogen-bond acceptors (Lipinski definition) is 5. The van der Waals surface area contributed by atoms with Crippen LogP contribution in [0.25, 0.3) is 0 Å². The van der Waals surface area contributed by atoms with Gasteiger partial charge in [-0.15, -0.1) is 0 Å². The summed E-state index contributed by atoms with van der Waals surface area (Å²) in [5, 5.41) is 2.07. The molecule has 0 spiro atoms. The van der Waals surface area contributed by atoms with Crippen molar-refractivity contribution in [1.82, 2.24) is 0 Å². The van der Waals surface area contributed by atoms with E-state index >= 15 is 0 Å². The summed E-state index contributed by atoms with van der Waals surface area (Å²) in [7, 11) is -2.95. The fourth-order valence-corrected chi connectivity index (χ4v) is 6.87. The van der Waals surface area contributed by atoms with Gasteiger partial charge in [-0.05, 0) is 63.2 Å². The van der Waals surface area contributed by atoms with Crippen LogP contribution in [-0.4, -0.2) is 27.2 Å². The van der Waals surface area contributed by atoms with Gasteiger partial charge in [-0.3, -0.25) is 0 Å². The van der Waals surface area contributed by atoms with Crippen molar-refractivity contribution in [3.8, 4) is 11.5 Å². The molecular formula is C22H22LiO5PS. The Morgan fingerprint density at radius 1 is 0.767 bits per heavy atom. The van der Waals surface area contributed by atoms with Gasteiger partial charge in [0.05, 0.1) is 19.1 Å². The normalized spacial score (nSPS) is 11.1. The van der Waals surface area contributed by atoms with E-state index in [-0.39, 0.29) is 23.8 Å². The third-order valence-electron chi connectivity index (χ3n) is 4.53. The van der Waals surface area contributed by atoms with Crippen LogP contribution >= 0.6 is 7.92 Å². The van der Waals surface area contributed by atoms with Crippen molar-refractivity contribution in [2.45, 2.75) is 18.7 Å². The van der Waals surface area contributed by atoms with Crippen LogP contribution in [0.5, 0.6) is 11.5 Å². The maximum Gasteiger partial charge on any atom is 1.00 e. The third kappa shape index (κ3) is 5.08. The minimum atomic E-state index is -4.67. The second kappa shape index (κ2) is 10.0. The van der Waals surface area contributed by atoms with Gasteiger partial charge in [-0.2, -0.15) is 0 Å². The molecule has 8 heteroatoms. The van der Waals surface area contributed by atoms with Gasteiger partial charge in [-0.1, -0.05) is 30.3 Å². The first-order chi connectivity index (χ1) is 13.8. The summed E-state index contributed by atoms with van der Waals surface area (Å²) in [6, 6.07) is 17.9. The molecule has 0 aromatic heterocycles. The SMILES string of the molecule is COc1cc(C)ccc1P(c1ccc(C)cc1OC)c1ccccc1S(=O)(=O)[O-].[Li+]. The van der Waals surface area contributed by atoms with E-state index in [0.29, 0.717) is 16.8 Å². The topological polar surface area (TPSA) is 75.7 Å². The van der Waals surface area contributed by atoms with Gasteiger partial charge in [0.25, 0.3) is 0 Å². The van der Waals surface area contributed by atoms with Gasteiger partial charge in [-0.25, -0.2) is 8.42 Å². The Morgan fingerprint density at radius 2 is 1.23 bits per heavy atom.